The topological polar surface area (TPSA) is 24.1 Å². The van der Waals surface area contributed by atoms with E-state index in [-0.39, 0.29) is 0 Å². The average Bonchev–Trinajstić information content (AvgIpc) is 3.17. The van der Waals surface area contributed by atoms with E-state index in [0.29, 0.717) is 12.1 Å². The van der Waals surface area contributed by atoms with Crippen molar-refractivity contribution in [1.29, 1.82) is 0 Å². The van der Waals surface area contributed by atoms with Crippen molar-refractivity contribution in [3.8, 4) is 0 Å². The fourth-order valence-electron chi connectivity index (χ4n) is 2.91. The maximum atomic E-state index is 3.76. The van der Waals surface area contributed by atoms with Crippen LogP contribution in [-0.4, -0.2) is 12.1 Å². The van der Waals surface area contributed by atoms with Crippen molar-refractivity contribution in [2.45, 2.75) is 50.9 Å². The molecule has 2 aromatic rings. The Bertz CT molecular complexity index is 432. The van der Waals surface area contributed by atoms with Gasteiger partial charge in [0.15, 0.2) is 0 Å². The molecular weight excluding hydrogens is 284 g/mol. The zero-order valence-corrected chi connectivity index (χ0v) is 13.3. The Morgan fingerprint density at radius 1 is 0.850 bits per heavy atom. The summed E-state index contributed by atoms with van der Waals surface area (Å²) >= 11 is 3.69. The normalized spacial score (nSPS) is 23.0. The number of thiophene rings is 2. The van der Waals surface area contributed by atoms with E-state index in [2.05, 4.69) is 45.7 Å². The Morgan fingerprint density at radius 3 is 1.75 bits per heavy atom. The van der Waals surface area contributed by atoms with Crippen LogP contribution in [0.2, 0.25) is 0 Å². The fraction of sp³-hybridized carbons (Fsp3) is 0.500. The molecule has 1 aliphatic rings. The van der Waals surface area contributed by atoms with E-state index in [0.717, 1.165) is 13.1 Å². The first-order valence-electron chi connectivity index (χ1n) is 7.43. The number of rotatable bonds is 6. The lowest BCUT2D eigenvalue weighted by Crippen LogP contribution is -2.49. The van der Waals surface area contributed by atoms with E-state index in [4.69, 9.17) is 0 Å². The Kier molecular flexibility index (Phi) is 5.25. The molecule has 3 rings (SSSR count). The molecule has 1 saturated carbocycles. The summed E-state index contributed by atoms with van der Waals surface area (Å²) in [7, 11) is 0. The molecule has 1 fully saturated rings. The molecule has 2 N–H and O–H groups in total. The molecule has 0 saturated heterocycles. The van der Waals surface area contributed by atoms with Crippen molar-refractivity contribution >= 4 is 22.7 Å². The van der Waals surface area contributed by atoms with E-state index < -0.39 is 0 Å². The van der Waals surface area contributed by atoms with E-state index in [1.165, 1.54) is 35.4 Å². The van der Waals surface area contributed by atoms with E-state index in [9.17, 15) is 0 Å². The van der Waals surface area contributed by atoms with Crippen molar-refractivity contribution in [2.75, 3.05) is 0 Å². The molecule has 4 heteroatoms. The standard InChI is InChI=1S/C16H22N2S2/c1-2-8-16(18-12-14-6-4-10-20-14)15(7-1)17-11-13-5-3-9-19-13/h3-6,9-10,15-18H,1-2,7-8,11-12H2/t15-,16-/m1/s1. The molecule has 0 bridgehead atoms. The Morgan fingerprint density at radius 2 is 1.35 bits per heavy atom. The van der Waals surface area contributed by atoms with Gasteiger partial charge in [0, 0.05) is 34.9 Å². The van der Waals surface area contributed by atoms with Gasteiger partial charge in [0.05, 0.1) is 0 Å². The second-order valence-electron chi connectivity index (χ2n) is 5.42. The van der Waals surface area contributed by atoms with Gasteiger partial charge in [-0.15, -0.1) is 22.7 Å². The van der Waals surface area contributed by atoms with Gasteiger partial charge in [-0.05, 0) is 35.7 Å². The maximum Gasteiger partial charge on any atom is 0.0302 e. The first-order valence-corrected chi connectivity index (χ1v) is 9.19. The van der Waals surface area contributed by atoms with Gasteiger partial charge in [0.25, 0.3) is 0 Å². The quantitative estimate of drug-likeness (QED) is 0.843. The highest BCUT2D eigenvalue weighted by Crippen LogP contribution is 2.20. The minimum atomic E-state index is 0.616. The lowest BCUT2D eigenvalue weighted by molar-refractivity contribution is 0.282. The van der Waals surface area contributed by atoms with Gasteiger partial charge in [-0.25, -0.2) is 0 Å². The van der Waals surface area contributed by atoms with Gasteiger partial charge in [-0.2, -0.15) is 0 Å². The lowest BCUT2D eigenvalue weighted by Gasteiger charge is -2.33. The summed E-state index contributed by atoms with van der Waals surface area (Å²) in [5.41, 5.74) is 0. The third kappa shape index (κ3) is 3.92. The third-order valence-electron chi connectivity index (χ3n) is 4.00. The number of hydrogen-bond donors (Lipinski definition) is 2. The van der Waals surface area contributed by atoms with Crippen LogP contribution in [0, 0.1) is 0 Å². The minimum absolute atomic E-state index is 0.616. The summed E-state index contributed by atoms with van der Waals surface area (Å²) in [6, 6.07) is 9.93. The van der Waals surface area contributed by atoms with Gasteiger partial charge in [-0.1, -0.05) is 25.0 Å². The predicted octanol–water partition coefficient (Wildman–Crippen LogP) is 4.00. The summed E-state index contributed by atoms with van der Waals surface area (Å²) in [4.78, 5) is 2.88. The summed E-state index contributed by atoms with van der Waals surface area (Å²) in [5.74, 6) is 0. The van der Waals surface area contributed by atoms with Crippen LogP contribution in [0.3, 0.4) is 0 Å². The molecular formula is C16H22N2S2. The van der Waals surface area contributed by atoms with E-state index >= 15 is 0 Å². The molecule has 1 aliphatic carbocycles. The molecule has 0 aliphatic heterocycles. The second-order valence-corrected chi connectivity index (χ2v) is 7.48. The fourth-order valence-corrected chi connectivity index (χ4v) is 4.22. The van der Waals surface area contributed by atoms with E-state index in [1.54, 1.807) is 0 Å². The summed E-state index contributed by atoms with van der Waals surface area (Å²) in [6.07, 6.45) is 5.32. The molecule has 2 atom stereocenters. The smallest absolute Gasteiger partial charge is 0.0302 e. The van der Waals surface area contributed by atoms with Gasteiger partial charge in [-0.3, -0.25) is 0 Å². The monoisotopic (exact) mass is 306 g/mol. The van der Waals surface area contributed by atoms with Crippen LogP contribution in [0.1, 0.15) is 35.4 Å². The second kappa shape index (κ2) is 7.36. The van der Waals surface area contributed by atoms with Gasteiger partial charge >= 0.3 is 0 Å². The van der Waals surface area contributed by atoms with Crippen molar-refractivity contribution in [1.82, 2.24) is 10.6 Å². The first-order chi connectivity index (χ1) is 9.92. The minimum Gasteiger partial charge on any atom is -0.308 e. The molecule has 2 nitrogen and oxygen atoms in total. The summed E-state index contributed by atoms with van der Waals surface area (Å²) in [6.45, 7) is 2.03. The Labute approximate surface area is 129 Å². The lowest BCUT2D eigenvalue weighted by atomic mass is 9.90. The summed E-state index contributed by atoms with van der Waals surface area (Å²) in [5, 5.41) is 11.8. The molecule has 0 aromatic carbocycles. The van der Waals surface area contributed by atoms with Crippen LogP contribution in [0.15, 0.2) is 35.0 Å². The molecule has 0 spiro atoms. The highest BCUT2D eigenvalue weighted by Gasteiger charge is 2.24. The molecule has 108 valence electrons. The molecule has 0 radical (unpaired) electrons. The largest absolute Gasteiger partial charge is 0.308 e. The molecule has 0 unspecified atom stereocenters. The SMILES string of the molecule is c1csc(CN[C@@H]2CCCC[C@H]2NCc2cccs2)c1. The molecule has 2 heterocycles. The van der Waals surface area contributed by atoms with Gasteiger partial charge in [0.2, 0.25) is 0 Å². The van der Waals surface area contributed by atoms with Gasteiger partial charge < -0.3 is 10.6 Å². The van der Waals surface area contributed by atoms with Crippen molar-refractivity contribution < 1.29 is 0 Å². The van der Waals surface area contributed by atoms with Crippen LogP contribution >= 0.6 is 22.7 Å². The predicted molar refractivity (Wildman–Crippen MR) is 88.4 cm³/mol. The molecule has 0 amide bonds. The Hall–Kier alpha value is -0.680. The number of nitrogens with one attached hydrogen (secondary N) is 2. The van der Waals surface area contributed by atoms with Crippen molar-refractivity contribution in [3.05, 3.63) is 44.8 Å². The highest BCUT2D eigenvalue weighted by atomic mass is 32.1. The zero-order valence-electron chi connectivity index (χ0n) is 11.7. The zero-order chi connectivity index (χ0) is 13.6. The number of hydrogen-bond acceptors (Lipinski definition) is 4. The van der Waals surface area contributed by atoms with Crippen molar-refractivity contribution in [2.24, 2.45) is 0 Å². The van der Waals surface area contributed by atoms with Crippen LogP contribution in [0.25, 0.3) is 0 Å². The van der Waals surface area contributed by atoms with Crippen LogP contribution in [0.5, 0.6) is 0 Å². The maximum absolute atomic E-state index is 3.76. The molecule has 2 aromatic heterocycles. The van der Waals surface area contributed by atoms with E-state index in [1.807, 2.05) is 22.7 Å². The van der Waals surface area contributed by atoms with Gasteiger partial charge in [0.1, 0.15) is 0 Å². The molecule has 20 heavy (non-hydrogen) atoms. The first kappa shape index (κ1) is 14.3. The highest BCUT2D eigenvalue weighted by molar-refractivity contribution is 7.10. The third-order valence-corrected chi connectivity index (χ3v) is 5.76. The van der Waals surface area contributed by atoms with Crippen LogP contribution in [-0.2, 0) is 13.1 Å². The average molecular weight is 306 g/mol. The summed E-state index contributed by atoms with van der Waals surface area (Å²) < 4.78 is 0. The van der Waals surface area contributed by atoms with Crippen molar-refractivity contribution in [3.63, 3.8) is 0 Å². The van der Waals surface area contributed by atoms with Crippen LogP contribution in [0.4, 0.5) is 0 Å². The Balaban J connectivity index is 1.50. The van der Waals surface area contributed by atoms with Crippen LogP contribution < -0.4 is 10.6 Å².